The number of nitrogens with one attached hydrogen (secondary N) is 1. The van der Waals surface area contributed by atoms with Crippen LogP contribution in [0, 0.1) is 6.92 Å². The molecular weight excluding hydrogens is 469 g/mol. The molecule has 0 radical (unpaired) electrons. The molecule has 3 rings (SSSR count). The minimum absolute atomic E-state index is 0. The summed E-state index contributed by atoms with van der Waals surface area (Å²) in [7, 11) is -8.05. The molecular formula is C17H13ClNNaO6S3. The Balaban J connectivity index is 0.00000300. The van der Waals surface area contributed by atoms with Gasteiger partial charge in [0.15, 0.2) is 9.84 Å². The van der Waals surface area contributed by atoms with Crippen molar-refractivity contribution in [1.29, 1.82) is 0 Å². The van der Waals surface area contributed by atoms with Crippen LogP contribution in [-0.2, 0) is 19.9 Å². The van der Waals surface area contributed by atoms with Crippen LogP contribution in [0.25, 0.3) is 10.1 Å². The Hall–Kier alpha value is -1.14. The van der Waals surface area contributed by atoms with E-state index in [2.05, 4.69) is 4.72 Å². The van der Waals surface area contributed by atoms with Gasteiger partial charge in [0, 0.05) is 16.0 Å². The van der Waals surface area contributed by atoms with E-state index in [9.17, 15) is 26.7 Å². The number of carboxylic acids is 1. The summed E-state index contributed by atoms with van der Waals surface area (Å²) in [5, 5.41) is 12.2. The van der Waals surface area contributed by atoms with Crippen molar-refractivity contribution in [3.8, 4) is 0 Å². The van der Waals surface area contributed by atoms with Gasteiger partial charge in [-0.25, -0.2) is 16.8 Å². The number of sulfonamides is 1. The molecule has 148 valence electrons. The van der Waals surface area contributed by atoms with Crippen LogP contribution in [0.4, 0.5) is 5.69 Å². The molecule has 0 bridgehead atoms. The van der Waals surface area contributed by atoms with E-state index in [1.165, 1.54) is 0 Å². The molecule has 1 N–H and O–H groups in total. The number of aromatic carboxylic acids is 1. The summed E-state index contributed by atoms with van der Waals surface area (Å²) in [5.74, 6) is -1.57. The number of halogens is 1. The van der Waals surface area contributed by atoms with Crippen LogP contribution in [-0.4, -0.2) is 29.1 Å². The summed E-state index contributed by atoms with van der Waals surface area (Å²) in [5.41, 5.74) is -0.152. The molecule has 12 heteroatoms. The molecule has 0 aliphatic heterocycles. The van der Waals surface area contributed by atoms with Gasteiger partial charge in [0.05, 0.1) is 16.6 Å². The number of hydrogen-bond donors (Lipinski definition) is 1. The van der Waals surface area contributed by atoms with Crippen molar-refractivity contribution in [3.05, 3.63) is 52.5 Å². The first-order valence-electron chi connectivity index (χ1n) is 7.67. The Bertz CT molecular complexity index is 1330. The van der Waals surface area contributed by atoms with E-state index in [0.29, 0.717) is 20.7 Å². The fraction of sp³-hybridized carbons (Fsp3) is 0.118. The van der Waals surface area contributed by atoms with E-state index in [4.69, 9.17) is 11.6 Å². The number of carbonyl (C=O) groups is 1. The number of rotatable bonds is 5. The van der Waals surface area contributed by atoms with Gasteiger partial charge >= 0.3 is 29.6 Å². The third kappa shape index (κ3) is 4.96. The maximum Gasteiger partial charge on any atom is 1.00 e. The first-order valence-corrected chi connectivity index (χ1v) is 12.2. The fourth-order valence-corrected chi connectivity index (χ4v) is 6.58. The normalized spacial score (nSPS) is 11.8. The zero-order valence-electron chi connectivity index (χ0n) is 15.5. The number of hydrogen-bond acceptors (Lipinski definition) is 7. The summed E-state index contributed by atoms with van der Waals surface area (Å²) in [6.45, 7) is 1.63. The van der Waals surface area contributed by atoms with E-state index in [1.54, 1.807) is 25.1 Å². The van der Waals surface area contributed by atoms with Crippen LogP contribution in [0.2, 0.25) is 5.02 Å². The Kier molecular flexibility index (Phi) is 7.11. The summed E-state index contributed by atoms with van der Waals surface area (Å²) in [6, 6.07) is 8.01. The fourth-order valence-electron chi connectivity index (χ4n) is 2.66. The molecule has 0 saturated carbocycles. The minimum Gasteiger partial charge on any atom is -0.545 e. The molecule has 1 aromatic heterocycles. The van der Waals surface area contributed by atoms with Gasteiger partial charge in [-0.3, -0.25) is 4.72 Å². The first-order chi connectivity index (χ1) is 12.9. The van der Waals surface area contributed by atoms with Crippen molar-refractivity contribution in [1.82, 2.24) is 0 Å². The third-order valence-electron chi connectivity index (χ3n) is 3.96. The molecule has 0 unspecified atom stereocenters. The van der Waals surface area contributed by atoms with E-state index >= 15 is 0 Å². The van der Waals surface area contributed by atoms with E-state index in [-0.39, 0.29) is 45.0 Å². The zero-order valence-corrected chi connectivity index (χ0v) is 20.7. The zero-order chi connectivity index (χ0) is 20.9. The van der Waals surface area contributed by atoms with E-state index < -0.39 is 30.7 Å². The number of thiophene rings is 1. The number of carbonyl (C=O) groups excluding carboxylic acids is 1. The molecule has 0 saturated heterocycles. The summed E-state index contributed by atoms with van der Waals surface area (Å²) >= 11 is 6.99. The van der Waals surface area contributed by atoms with E-state index in [1.807, 2.05) is 0 Å². The molecule has 0 spiro atoms. The monoisotopic (exact) mass is 481 g/mol. The van der Waals surface area contributed by atoms with Gasteiger partial charge < -0.3 is 9.90 Å². The Morgan fingerprint density at radius 2 is 1.76 bits per heavy atom. The molecule has 7 nitrogen and oxygen atoms in total. The van der Waals surface area contributed by atoms with Crippen LogP contribution < -0.4 is 39.4 Å². The van der Waals surface area contributed by atoms with Crippen molar-refractivity contribution < 1.29 is 56.3 Å². The predicted octanol–water partition coefficient (Wildman–Crippen LogP) is -0.565. The molecule has 0 aliphatic carbocycles. The van der Waals surface area contributed by atoms with Gasteiger partial charge in [-0.2, -0.15) is 0 Å². The van der Waals surface area contributed by atoms with Gasteiger partial charge in [0.2, 0.25) is 0 Å². The second kappa shape index (κ2) is 8.54. The molecule has 0 fully saturated rings. The predicted molar refractivity (Wildman–Crippen MR) is 106 cm³/mol. The Morgan fingerprint density at radius 3 is 2.34 bits per heavy atom. The number of fused-ring (bicyclic) bond motifs is 1. The molecule has 1 heterocycles. The topological polar surface area (TPSA) is 120 Å². The van der Waals surface area contributed by atoms with Gasteiger partial charge in [-0.05, 0) is 53.8 Å². The van der Waals surface area contributed by atoms with Gasteiger partial charge in [0.1, 0.15) is 4.21 Å². The van der Waals surface area contributed by atoms with Gasteiger partial charge in [-0.1, -0.05) is 17.7 Å². The van der Waals surface area contributed by atoms with Crippen molar-refractivity contribution in [2.75, 3.05) is 11.0 Å². The number of anilines is 1. The summed E-state index contributed by atoms with van der Waals surface area (Å²) in [6.07, 6.45) is 0.853. The average molecular weight is 482 g/mol. The maximum absolute atomic E-state index is 12.9. The number of aryl methyl sites for hydroxylation is 1. The maximum atomic E-state index is 12.9. The average Bonchev–Trinajstić information content (AvgIpc) is 2.91. The van der Waals surface area contributed by atoms with Crippen LogP contribution in [0.1, 0.15) is 15.9 Å². The molecule has 29 heavy (non-hydrogen) atoms. The Morgan fingerprint density at radius 1 is 1.10 bits per heavy atom. The standard InChI is InChI=1S/C17H14ClNO6S3.Na/c1-9-12-8-11(18)4-6-14(12)26-17(9)28(24,25)19-13-5-3-10(16(20)21)7-15(13)27(2,22)23;/h3-8,19H,1-2H3,(H,20,21);/q;+1/p-1. The Labute approximate surface area is 199 Å². The molecule has 2 aromatic carbocycles. The van der Waals surface area contributed by atoms with Gasteiger partial charge in [0.25, 0.3) is 10.0 Å². The van der Waals surface area contributed by atoms with Crippen molar-refractivity contribution in [2.45, 2.75) is 16.0 Å². The molecule has 3 aromatic rings. The van der Waals surface area contributed by atoms with Crippen molar-refractivity contribution >= 4 is 64.5 Å². The van der Waals surface area contributed by atoms with Gasteiger partial charge in [-0.15, -0.1) is 11.3 Å². The first kappa shape index (κ1) is 24.1. The van der Waals surface area contributed by atoms with Crippen LogP contribution in [0.3, 0.4) is 0 Å². The summed E-state index contributed by atoms with van der Waals surface area (Å²) in [4.78, 5) is 10.6. The second-order valence-electron chi connectivity index (χ2n) is 6.03. The van der Waals surface area contributed by atoms with Crippen molar-refractivity contribution in [3.63, 3.8) is 0 Å². The number of carboxylic acid groups (broad SMARTS) is 1. The second-order valence-corrected chi connectivity index (χ2v) is 11.4. The quantitative estimate of drug-likeness (QED) is 0.487. The van der Waals surface area contributed by atoms with E-state index in [0.717, 1.165) is 35.8 Å². The van der Waals surface area contributed by atoms with Crippen LogP contribution in [0.5, 0.6) is 0 Å². The number of sulfone groups is 1. The SMILES string of the molecule is Cc1c(S(=O)(=O)Nc2ccc(C(=O)[O-])cc2S(C)(=O)=O)sc2ccc(Cl)cc12.[Na+]. The molecule has 0 atom stereocenters. The summed E-state index contributed by atoms with van der Waals surface area (Å²) < 4.78 is 52.9. The number of benzene rings is 2. The largest absolute Gasteiger partial charge is 1.00 e. The van der Waals surface area contributed by atoms with Crippen LogP contribution in [0.15, 0.2) is 45.5 Å². The van der Waals surface area contributed by atoms with Crippen molar-refractivity contribution in [2.24, 2.45) is 0 Å². The molecule has 0 amide bonds. The third-order valence-corrected chi connectivity index (χ3v) is 8.59. The van der Waals surface area contributed by atoms with Crippen LogP contribution >= 0.6 is 22.9 Å². The minimum atomic E-state index is -4.14. The smallest absolute Gasteiger partial charge is 0.545 e. The molecule has 0 aliphatic rings.